The third kappa shape index (κ3) is 5.77. The minimum absolute atomic E-state index is 0.118. The van der Waals surface area contributed by atoms with Crippen molar-refractivity contribution in [2.24, 2.45) is 28.6 Å². The van der Waals surface area contributed by atoms with Crippen LogP contribution in [0.3, 0.4) is 0 Å². The molecule has 0 spiro atoms. The van der Waals surface area contributed by atoms with Crippen LogP contribution in [0, 0.1) is 28.6 Å². The van der Waals surface area contributed by atoms with Gasteiger partial charge in [0.2, 0.25) is 0 Å². The fourth-order valence-electron chi connectivity index (χ4n) is 4.85. The molecule has 0 amide bonds. The molecule has 0 aliphatic heterocycles. The molecule has 0 aromatic carbocycles. The highest BCUT2D eigenvalue weighted by Gasteiger charge is 2.46. The molecule has 0 radical (unpaired) electrons. The molecule has 1 fully saturated rings. The average molecular weight is 339 g/mol. The number of carbonyl (C=O) groups excluding carboxylic acids is 1. The summed E-state index contributed by atoms with van der Waals surface area (Å²) in [5, 5.41) is 0. The topological polar surface area (TPSA) is 26.3 Å². The van der Waals surface area contributed by atoms with Crippen molar-refractivity contribution in [1.82, 2.24) is 0 Å². The Morgan fingerprint density at radius 1 is 1.25 bits per heavy atom. The third-order valence-corrected chi connectivity index (χ3v) is 6.77. The summed E-state index contributed by atoms with van der Waals surface area (Å²) in [7, 11) is 0. The van der Waals surface area contributed by atoms with E-state index in [9.17, 15) is 4.79 Å². The van der Waals surface area contributed by atoms with Gasteiger partial charge in [0.15, 0.2) is 0 Å². The van der Waals surface area contributed by atoms with Gasteiger partial charge in [-0.3, -0.25) is 4.79 Å². The quantitative estimate of drug-likeness (QED) is 0.487. The number of esters is 1. The largest absolute Gasteiger partial charge is 0.463 e. The van der Waals surface area contributed by atoms with Crippen LogP contribution >= 0.6 is 0 Å². The number of hydrogen-bond acceptors (Lipinski definition) is 2. The van der Waals surface area contributed by atoms with E-state index in [1.54, 1.807) is 6.92 Å². The predicted octanol–water partition coefficient (Wildman–Crippen LogP) is 6.62. The maximum Gasteiger partial charge on any atom is 0.302 e. The van der Waals surface area contributed by atoms with Crippen LogP contribution < -0.4 is 0 Å². The van der Waals surface area contributed by atoms with Gasteiger partial charge in [-0.1, -0.05) is 61.3 Å². The van der Waals surface area contributed by atoms with Gasteiger partial charge in [-0.2, -0.15) is 0 Å². The summed E-state index contributed by atoms with van der Waals surface area (Å²) in [6.07, 6.45) is 8.47. The Balaban J connectivity index is 2.93. The van der Waals surface area contributed by atoms with E-state index in [1.165, 1.54) is 32.1 Å². The first-order valence-corrected chi connectivity index (χ1v) is 10.2. The lowest BCUT2D eigenvalue weighted by molar-refractivity contribution is -0.153. The van der Waals surface area contributed by atoms with Gasteiger partial charge in [-0.25, -0.2) is 0 Å². The molecule has 0 aromatic rings. The van der Waals surface area contributed by atoms with Crippen LogP contribution in [0.2, 0.25) is 0 Å². The predicted molar refractivity (Wildman–Crippen MR) is 103 cm³/mol. The zero-order valence-corrected chi connectivity index (χ0v) is 17.6. The van der Waals surface area contributed by atoms with Crippen LogP contribution in [0.4, 0.5) is 0 Å². The van der Waals surface area contributed by atoms with Crippen LogP contribution in [0.5, 0.6) is 0 Å². The van der Waals surface area contributed by atoms with E-state index in [1.807, 2.05) is 0 Å². The number of hydrogen-bond donors (Lipinski definition) is 0. The van der Waals surface area contributed by atoms with Crippen LogP contribution in [0.1, 0.15) is 100 Å². The molecule has 0 aromatic heterocycles. The Bertz CT molecular complexity index is 391. The van der Waals surface area contributed by atoms with Crippen LogP contribution in [0.25, 0.3) is 0 Å². The van der Waals surface area contributed by atoms with Crippen LogP contribution in [0.15, 0.2) is 0 Å². The van der Waals surface area contributed by atoms with Gasteiger partial charge in [0, 0.05) is 6.92 Å². The summed E-state index contributed by atoms with van der Waals surface area (Å²) in [6.45, 7) is 18.2. The molecule has 2 heteroatoms. The Hall–Kier alpha value is -0.530. The monoisotopic (exact) mass is 338 g/mol. The normalized spacial score (nSPS) is 29.5. The molecule has 2 nitrogen and oxygen atoms in total. The van der Waals surface area contributed by atoms with Crippen molar-refractivity contribution in [2.75, 3.05) is 0 Å². The summed E-state index contributed by atoms with van der Waals surface area (Å²) in [5.41, 5.74) is 0.780. The minimum atomic E-state index is -0.118. The summed E-state index contributed by atoms with van der Waals surface area (Å²) in [4.78, 5) is 11.4. The summed E-state index contributed by atoms with van der Waals surface area (Å²) >= 11 is 0. The first-order chi connectivity index (χ1) is 11.0. The van der Waals surface area contributed by atoms with Gasteiger partial charge in [0.05, 0.1) is 0 Å². The first kappa shape index (κ1) is 21.5. The van der Waals surface area contributed by atoms with Crippen molar-refractivity contribution in [2.45, 2.75) is 106 Å². The molecular formula is C22H42O2. The Labute approximate surface area is 151 Å². The van der Waals surface area contributed by atoms with E-state index in [-0.39, 0.29) is 12.1 Å². The SMILES string of the molecule is CCC(CC)[C@@H]1C[C@H](OC(C)=O)CC[C@]1(C)C(C)CCC(C)(C)C. The van der Waals surface area contributed by atoms with E-state index >= 15 is 0 Å². The second-order valence-electron chi connectivity index (χ2n) is 9.70. The van der Waals surface area contributed by atoms with Gasteiger partial charge >= 0.3 is 5.97 Å². The van der Waals surface area contributed by atoms with Crippen molar-refractivity contribution >= 4 is 5.97 Å². The Morgan fingerprint density at radius 3 is 2.29 bits per heavy atom. The summed E-state index contributed by atoms with van der Waals surface area (Å²) in [6, 6.07) is 0. The molecule has 0 bridgehead atoms. The van der Waals surface area contributed by atoms with Crippen molar-refractivity contribution in [1.29, 1.82) is 0 Å². The van der Waals surface area contributed by atoms with E-state index in [0.29, 0.717) is 16.7 Å². The lowest BCUT2D eigenvalue weighted by atomic mass is 9.55. The molecule has 0 heterocycles. The molecule has 0 saturated heterocycles. The maximum absolute atomic E-state index is 11.4. The lowest BCUT2D eigenvalue weighted by Crippen LogP contribution is -2.45. The number of rotatable bonds is 7. The molecule has 1 saturated carbocycles. The summed E-state index contributed by atoms with van der Waals surface area (Å²) in [5.74, 6) is 2.01. The molecule has 142 valence electrons. The fourth-order valence-corrected chi connectivity index (χ4v) is 4.85. The van der Waals surface area contributed by atoms with Gasteiger partial charge in [-0.15, -0.1) is 0 Å². The van der Waals surface area contributed by atoms with Crippen molar-refractivity contribution in [3.63, 3.8) is 0 Å². The van der Waals surface area contributed by atoms with Gasteiger partial charge in [0.25, 0.3) is 0 Å². The number of ether oxygens (including phenoxy) is 1. The molecule has 1 aliphatic rings. The first-order valence-electron chi connectivity index (χ1n) is 10.2. The van der Waals surface area contributed by atoms with E-state index in [0.717, 1.165) is 24.7 Å². The van der Waals surface area contributed by atoms with E-state index in [4.69, 9.17) is 4.74 Å². The van der Waals surface area contributed by atoms with Crippen LogP contribution in [-0.4, -0.2) is 12.1 Å². The third-order valence-electron chi connectivity index (χ3n) is 6.77. The highest BCUT2D eigenvalue weighted by Crippen LogP contribution is 2.53. The van der Waals surface area contributed by atoms with Crippen molar-refractivity contribution in [3.05, 3.63) is 0 Å². The molecule has 4 atom stereocenters. The lowest BCUT2D eigenvalue weighted by Gasteiger charge is -2.51. The fraction of sp³-hybridized carbons (Fsp3) is 0.955. The average Bonchev–Trinajstić information content (AvgIpc) is 2.48. The molecule has 0 N–H and O–H groups in total. The maximum atomic E-state index is 11.4. The Morgan fingerprint density at radius 2 is 1.83 bits per heavy atom. The van der Waals surface area contributed by atoms with E-state index in [2.05, 4.69) is 48.5 Å². The molecule has 1 rings (SSSR count). The Kier molecular flexibility index (Phi) is 7.81. The highest BCUT2D eigenvalue weighted by atomic mass is 16.5. The molecular weight excluding hydrogens is 296 g/mol. The van der Waals surface area contributed by atoms with Crippen LogP contribution in [-0.2, 0) is 9.53 Å². The van der Waals surface area contributed by atoms with Gasteiger partial charge in [-0.05, 0) is 60.7 Å². The number of carbonyl (C=O) groups is 1. The highest BCUT2D eigenvalue weighted by molar-refractivity contribution is 5.66. The second-order valence-corrected chi connectivity index (χ2v) is 9.70. The molecule has 1 aliphatic carbocycles. The van der Waals surface area contributed by atoms with Gasteiger partial charge < -0.3 is 4.74 Å². The zero-order chi connectivity index (χ0) is 18.5. The molecule has 1 unspecified atom stereocenters. The van der Waals surface area contributed by atoms with Crippen molar-refractivity contribution < 1.29 is 9.53 Å². The smallest absolute Gasteiger partial charge is 0.302 e. The second kappa shape index (κ2) is 8.72. The standard InChI is InChI=1S/C22H42O2/c1-9-18(10-2)20-15-19(24-17(4)23)12-14-22(20,8)16(3)11-13-21(5,6)7/h16,18-20H,9-15H2,1-8H3/t16?,19-,20+,22-/m1/s1. The van der Waals surface area contributed by atoms with Gasteiger partial charge in [0.1, 0.15) is 6.10 Å². The van der Waals surface area contributed by atoms with E-state index < -0.39 is 0 Å². The van der Waals surface area contributed by atoms with Crippen molar-refractivity contribution in [3.8, 4) is 0 Å². The molecule has 24 heavy (non-hydrogen) atoms. The minimum Gasteiger partial charge on any atom is -0.463 e. The zero-order valence-electron chi connectivity index (χ0n) is 17.6. The summed E-state index contributed by atoms with van der Waals surface area (Å²) < 4.78 is 5.61.